The molecule has 3 aromatic heterocycles. The van der Waals surface area contributed by atoms with E-state index in [-0.39, 0.29) is 17.4 Å². The van der Waals surface area contributed by atoms with Crippen LogP contribution in [-0.2, 0) is 14.6 Å². The van der Waals surface area contributed by atoms with Gasteiger partial charge >= 0.3 is 0 Å². The number of aromatic nitrogens is 4. The summed E-state index contributed by atoms with van der Waals surface area (Å²) in [5.74, 6) is 0.156. The highest BCUT2D eigenvalue weighted by molar-refractivity contribution is 7.92. The third-order valence-electron chi connectivity index (χ3n) is 4.96. The molecular formula is C18H21N5O3S2. The fraction of sp³-hybridized carbons (Fsp3) is 0.444. The Labute approximate surface area is 167 Å². The van der Waals surface area contributed by atoms with Crippen LogP contribution in [0.25, 0.3) is 16.3 Å². The monoisotopic (exact) mass is 419 g/mol. The number of amides is 1. The minimum absolute atomic E-state index is 0.130. The second-order valence-electron chi connectivity index (χ2n) is 6.77. The summed E-state index contributed by atoms with van der Waals surface area (Å²) in [6.07, 6.45) is 3.11. The third-order valence-corrected chi connectivity index (χ3v) is 7.91. The van der Waals surface area contributed by atoms with E-state index < -0.39 is 15.1 Å². The number of likely N-dealkylation sites (tertiary alicyclic amines) is 1. The minimum Gasteiger partial charge on any atom is -0.342 e. The van der Waals surface area contributed by atoms with E-state index in [1.165, 1.54) is 21.9 Å². The topological polar surface area (TPSA) is 97.5 Å². The number of hydrogen-bond donors (Lipinski definition) is 0. The molecule has 0 radical (unpaired) electrons. The van der Waals surface area contributed by atoms with E-state index >= 15 is 0 Å². The van der Waals surface area contributed by atoms with Gasteiger partial charge in [0, 0.05) is 13.1 Å². The van der Waals surface area contributed by atoms with Crippen LogP contribution in [0.2, 0.25) is 0 Å². The highest BCUT2D eigenvalue weighted by Gasteiger charge is 2.37. The highest BCUT2D eigenvalue weighted by Crippen LogP contribution is 2.25. The Balaban J connectivity index is 1.72. The van der Waals surface area contributed by atoms with Crippen LogP contribution in [0.1, 0.15) is 32.6 Å². The van der Waals surface area contributed by atoms with E-state index in [1.54, 1.807) is 17.9 Å². The molecule has 0 saturated carbocycles. The lowest BCUT2D eigenvalue weighted by Crippen LogP contribution is -2.45. The standard InChI is InChI=1S/C18H21N5O3S2/c1-2-14(18(24)22-10-4-3-5-11-22)28(25,26)16-9-8-15-19-20-17(23(15)21-16)13-7-6-12-27-13/h6-9,12,14H,2-5,10-11H2,1H3. The van der Waals surface area contributed by atoms with E-state index in [4.69, 9.17) is 0 Å². The molecule has 0 bridgehead atoms. The number of carbonyl (C=O) groups excluding carboxylic acids is 1. The zero-order chi connectivity index (χ0) is 19.7. The van der Waals surface area contributed by atoms with Crippen LogP contribution in [0, 0.1) is 0 Å². The molecule has 1 fully saturated rings. The SMILES string of the molecule is CCC(C(=O)N1CCCCC1)S(=O)(=O)c1ccc2nnc(-c3cccs3)n2n1. The van der Waals surface area contributed by atoms with Gasteiger partial charge in [-0.2, -0.15) is 9.61 Å². The number of piperidine rings is 1. The molecule has 4 heterocycles. The van der Waals surface area contributed by atoms with Gasteiger partial charge in [0.1, 0.15) is 5.25 Å². The predicted octanol–water partition coefficient (Wildman–Crippen LogP) is 2.42. The Morgan fingerprint density at radius 2 is 1.96 bits per heavy atom. The number of carbonyl (C=O) groups is 1. The first-order chi connectivity index (χ1) is 13.5. The second-order valence-corrected chi connectivity index (χ2v) is 9.80. The van der Waals surface area contributed by atoms with Crippen LogP contribution in [0.4, 0.5) is 0 Å². The van der Waals surface area contributed by atoms with Crippen molar-refractivity contribution in [3.63, 3.8) is 0 Å². The highest BCUT2D eigenvalue weighted by atomic mass is 32.2. The number of sulfone groups is 1. The van der Waals surface area contributed by atoms with Gasteiger partial charge < -0.3 is 4.90 Å². The van der Waals surface area contributed by atoms with Crippen LogP contribution in [0.5, 0.6) is 0 Å². The number of fused-ring (bicyclic) bond motifs is 1. The maximum atomic E-state index is 13.2. The van der Waals surface area contributed by atoms with Crippen LogP contribution >= 0.6 is 11.3 Å². The Morgan fingerprint density at radius 1 is 1.18 bits per heavy atom. The van der Waals surface area contributed by atoms with Crippen molar-refractivity contribution in [3.05, 3.63) is 29.6 Å². The summed E-state index contributed by atoms with van der Waals surface area (Å²) in [6, 6.07) is 6.73. The molecule has 1 aliphatic heterocycles. The average molecular weight is 420 g/mol. The first kappa shape index (κ1) is 19.0. The fourth-order valence-corrected chi connectivity index (χ4v) is 5.77. The maximum Gasteiger partial charge on any atom is 0.241 e. The average Bonchev–Trinajstić information content (AvgIpc) is 3.37. The molecule has 148 valence electrons. The van der Waals surface area contributed by atoms with Gasteiger partial charge in [0.2, 0.25) is 15.7 Å². The van der Waals surface area contributed by atoms with Gasteiger partial charge in [0.15, 0.2) is 16.5 Å². The van der Waals surface area contributed by atoms with Gasteiger partial charge in [-0.1, -0.05) is 13.0 Å². The lowest BCUT2D eigenvalue weighted by atomic mass is 10.1. The molecule has 0 aliphatic carbocycles. The van der Waals surface area contributed by atoms with Crippen molar-refractivity contribution in [1.29, 1.82) is 0 Å². The number of hydrogen-bond acceptors (Lipinski definition) is 7. The fourth-order valence-electron chi connectivity index (χ4n) is 3.47. The molecule has 1 atom stereocenters. The molecule has 3 aromatic rings. The Hall–Kier alpha value is -2.33. The first-order valence-electron chi connectivity index (χ1n) is 9.31. The van der Waals surface area contributed by atoms with E-state index in [9.17, 15) is 13.2 Å². The molecular weight excluding hydrogens is 398 g/mol. The zero-order valence-electron chi connectivity index (χ0n) is 15.5. The van der Waals surface area contributed by atoms with Crippen molar-refractivity contribution in [3.8, 4) is 10.7 Å². The van der Waals surface area contributed by atoms with Crippen molar-refractivity contribution in [2.24, 2.45) is 0 Å². The van der Waals surface area contributed by atoms with Gasteiger partial charge in [-0.15, -0.1) is 21.5 Å². The van der Waals surface area contributed by atoms with Gasteiger partial charge in [0.25, 0.3) is 0 Å². The summed E-state index contributed by atoms with van der Waals surface area (Å²) in [6.45, 7) is 2.95. The molecule has 28 heavy (non-hydrogen) atoms. The molecule has 0 N–H and O–H groups in total. The second kappa shape index (κ2) is 7.59. The van der Waals surface area contributed by atoms with Crippen molar-refractivity contribution in [2.45, 2.75) is 42.9 Å². The van der Waals surface area contributed by atoms with Crippen molar-refractivity contribution >= 4 is 32.7 Å². The molecule has 1 aliphatic rings. The Bertz CT molecular complexity index is 1090. The van der Waals surface area contributed by atoms with E-state index in [0.717, 1.165) is 24.1 Å². The Morgan fingerprint density at radius 3 is 2.64 bits per heavy atom. The van der Waals surface area contributed by atoms with Crippen molar-refractivity contribution < 1.29 is 13.2 Å². The van der Waals surface area contributed by atoms with Crippen LogP contribution in [-0.4, -0.2) is 57.4 Å². The Kier molecular flexibility index (Phi) is 5.15. The van der Waals surface area contributed by atoms with Crippen LogP contribution < -0.4 is 0 Å². The van der Waals surface area contributed by atoms with E-state index in [2.05, 4.69) is 15.3 Å². The quantitative estimate of drug-likeness (QED) is 0.630. The number of thiophene rings is 1. The normalized spacial score (nSPS) is 16.4. The smallest absolute Gasteiger partial charge is 0.241 e. The summed E-state index contributed by atoms with van der Waals surface area (Å²) < 4.78 is 27.9. The molecule has 0 aromatic carbocycles. The van der Waals surface area contributed by atoms with E-state index in [0.29, 0.717) is 24.6 Å². The minimum atomic E-state index is -3.93. The van der Waals surface area contributed by atoms with E-state index in [1.807, 2.05) is 17.5 Å². The summed E-state index contributed by atoms with van der Waals surface area (Å²) >= 11 is 1.47. The molecule has 1 saturated heterocycles. The lowest BCUT2D eigenvalue weighted by molar-refractivity contribution is -0.131. The summed E-state index contributed by atoms with van der Waals surface area (Å²) in [5, 5.41) is 13.1. The van der Waals surface area contributed by atoms with Crippen molar-refractivity contribution in [2.75, 3.05) is 13.1 Å². The zero-order valence-corrected chi connectivity index (χ0v) is 17.1. The maximum absolute atomic E-state index is 13.2. The summed E-state index contributed by atoms with van der Waals surface area (Å²) in [7, 11) is -3.93. The third kappa shape index (κ3) is 3.30. The number of nitrogens with zero attached hydrogens (tertiary/aromatic N) is 5. The first-order valence-corrected chi connectivity index (χ1v) is 11.7. The van der Waals surface area contributed by atoms with Gasteiger partial charge in [-0.05, 0) is 49.3 Å². The molecule has 1 amide bonds. The molecule has 8 nitrogen and oxygen atoms in total. The molecule has 1 unspecified atom stereocenters. The largest absolute Gasteiger partial charge is 0.342 e. The molecule has 0 spiro atoms. The molecule has 4 rings (SSSR count). The molecule has 10 heteroatoms. The van der Waals surface area contributed by atoms with Crippen LogP contribution in [0.3, 0.4) is 0 Å². The van der Waals surface area contributed by atoms with Crippen molar-refractivity contribution in [1.82, 2.24) is 24.7 Å². The van der Waals surface area contributed by atoms with Crippen LogP contribution in [0.15, 0.2) is 34.7 Å². The predicted molar refractivity (Wildman–Crippen MR) is 106 cm³/mol. The van der Waals surface area contributed by atoms with Gasteiger partial charge in [0.05, 0.1) is 4.88 Å². The van der Waals surface area contributed by atoms with Gasteiger partial charge in [-0.25, -0.2) is 8.42 Å². The lowest BCUT2D eigenvalue weighted by Gasteiger charge is -2.29. The summed E-state index contributed by atoms with van der Waals surface area (Å²) in [4.78, 5) is 15.4. The van der Waals surface area contributed by atoms with Gasteiger partial charge in [-0.3, -0.25) is 4.79 Å². The summed E-state index contributed by atoms with van der Waals surface area (Å²) in [5.41, 5.74) is 0.456. The number of rotatable bonds is 5.